The van der Waals surface area contributed by atoms with Gasteiger partial charge < -0.3 is 10.1 Å². The fraction of sp³-hybridized carbons (Fsp3) is 0.636. The van der Waals surface area contributed by atoms with Crippen LogP contribution < -0.4 is 5.32 Å². The molecule has 0 aromatic carbocycles. The monoisotopic (exact) mass is 209 g/mol. The minimum atomic E-state index is -0.149. The van der Waals surface area contributed by atoms with E-state index in [4.69, 9.17) is 4.74 Å². The summed E-state index contributed by atoms with van der Waals surface area (Å²) in [5.41, 5.74) is 0.939. The first-order chi connectivity index (χ1) is 7.09. The molecule has 1 rings (SSSR count). The van der Waals surface area contributed by atoms with Crippen LogP contribution in [0, 0.1) is 0 Å². The average Bonchev–Trinajstić information content (AvgIpc) is 2.27. The van der Waals surface area contributed by atoms with Crippen molar-refractivity contribution in [2.75, 3.05) is 14.2 Å². The van der Waals surface area contributed by atoms with Gasteiger partial charge in [-0.15, -0.1) is 0 Å². The summed E-state index contributed by atoms with van der Waals surface area (Å²) in [6.07, 6.45) is 6.09. The number of ether oxygens (including phenoxy) is 1. The minimum Gasteiger partial charge on any atom is -0.379 e. The molecule has 15 heavy (non-hydrogen) atoms. The van der Waals surface area contributed by atoms with E-state index in [1.54, 1.807) is 7.11 Å². The molecular formula is C11H19N3O. The predicted octanol–water partition coefficient (Wildman–Crippen LogP) is 1.55. The van der Waals surface area contributed by atoms with Gasteiger partial charge in [-0.3, -0.25) is 0 Å². The number of nitrogens with zero attached hydrogens (tertiary/aromatic N) is 2. The van der Waals surface area contributed by atoms with E-state index in [-0.39, 0.29) is 11.6 Å². The summed E-state index contributed by atoms with van der Waals surface area (Å²) < 4.78 is 5.41. The van der Waals surface area contributed by atoms with Crippen LogP contribution in [-0.4, -0.2) is 29.7 Å². The van der Waals surface area contributed by atoms with Gasteiger partial charge in [-0.25, -0.2) is 9.97 Å². The standard InChI is InChI=1S/C11H19N3O/c1-11(2,15-4)5-10(12-3)9-6-13-8-14-7-9/h6-8,10,12H,5H2,1-4H3. The van der Waals surface area contributed by atoms with E-state index in [9.17, 15) is 0 Å². The van der Waals surface area contributed by atoms with Gasteiger partial charge in [0.25, 0.3) is 0 Å². The Morgan fingerprint density at radius 1 is 1.40 bits per heavy atom. The third-order valence-electron chi connectivity index (χ3n) is 2.58. The molecule has 0 bridgehead atoms. The van der Waals surface area contributed by atoms with Crippen LogP contribution in [0.1, 0.15) is 31.9 Å². The van der Waals surface area contributed by atoms with Crippen LogP contribution in [0.25, 0.3) is 0 Å². The van der Waals surface area contributed by atoms with Gasteiger partial charge in [0, 0.05) is 31.1 Å². The summed E-state index contributed by atoms with van der Waals surface area (Å²) >= 11 is 0. The predicted molar refractivity (Wildman–Crippen MR) is 59.5 cm³/mol. The summed E-state index contributed by atoms with van der Waals surface area (Å²) in [6, 6.07) is 0.223. The normalized spacial score (nSPS) is 13.9. The lowest BCUT2D eigenvalue weighted by Gasteiger charge is -2.28. The Balaban J connectivity index is 2.73. The fourth-order valence-corrected chi connectivity index (χ4v) is 1.45. The Morgan fingerprint density at radius 2 is 2.00 bits per heavy atom. The second kappa shape index (κ2) is 5.19. The molecule has 0 radical (unpaired) electrons. The number of nitrogens with one attached hydrogen (secondary N) is 1. The Morgan fingerprint density at radius 3 is 2.47 bits per heavy atom. The molecule has 0 saturated carbocycles. The molecule has 1 atom stereocenters. The van der Waals surface area contributed by atoms with E-state index in [0.717, 1.165) is 12.0 Å². The smallest absolute Gasteiger partial charge is 0.115 e. The minimum absolute atomic E-state index is 0.149. The van der Waals surface area contributed by atoms with E-state index in [1.807, 2.05) is 19.4 Å². The Kier molecular flexibility index (Phi) is 4.17. The highest BCUT2D eigenvalue weighted by Gasteiger charge is 2.23. The second-order valence-corrected chi connectivity index (χ2v) is 4.18. The molecule has 0 aliphatic heterocycles. The largest absolute Gasteiger partial charge is 0.379 e. The summed E-state index contributed by atoms with van der Waals surface area (Å²) in [4.78, 5) is 8.03. The van der Waals surface area contributed by atoms with Crippen molar-refractivity contribution in [1.29, 1.82) is 0 Å². The van der Waals surface area contributed by atoms with Gasteiger partial charge in [0.1, 0.15) is 6.33 Å². The zero-order valence-electron chi connectivity index (χ0n) is 9.82. The van der Waals surface area contributed by atoms with E-state index in [2.05, 4.69) is 29.1 Å². The fourth-order valence-electron chi connectivity index (χ4n) is 1.45. The number of methoxy groups -OCH3 is 1. The first kappa shape index (κ1) is 12.1. The molecule has 0 spiro atoms. The van der Waals surface area contributed by atoms with Gasteiger partial charge in [-0.05, 0) is 27.3 Å². The lowest BCUT2D eigenvalue weighted by molar-refractivity contribution is 0.00739. The highest BCUT2D eigenvalue weighted by Crippen LogP contribution is 2.24. The molecule has 1 aromatic heterocycles. The highest BCUT2D eigenvalue weighted by molar-refractivity contribution is 5.09. The molecule has 0 fully saturated rings. The number of rotatable bonds is 5. The molecule has 0 saturated heterocycles. The van der Waals surface area contributed by atoms with Crippen molar-refractivity contribution in [3.63, 3.8) is 0 Å². The first-order valence-electron chi connectivity index (χ1n) is 5.06. The SMILES string of the molecule is CNC(CC(C)(C)OC)c1cncnc1. The zero-order valence-corrected chi connectivity index (χ0v) is 9.82. The van der Waals surface area contributed by atoms with Crippen LogP contribution in [0.15, 0.2) is 18.7 Å². The van der Waals surface area contributed by atoms with Crippen LogP contribution >= 0.6 is 0 Å². The van der Waals surface area contributed by atoms with Crippen molar-refractivity contribution < 1.29 is 4.74 Å². The van der Waals surface area contributed by atoms with Crippen molar-refractivity contribution in [2.24, 2.45) is 0 Å². The Bertz CT molecular complexity index is 287. The lowest BCUT2D eigenvalue weighted by Crippen LogP contribution is -2.30. The van der Waals surface area contributed by atoms with Crippen LogP contribution in [0.3, 0.4) is 0 Å². The van der Waals surface area contributed by atoms with Crippen molar-refractivity contribution >= 4 is 0 Å². The van der Waals surface area contributed by atoms with Crippen molar-refractivity contribution in [3.8, 4) is 0 Å². The number of hydrogen-bond acceptors (Lipinski definition) is 4. The van der Waals surface area contributed by atoms with E-state index in [1.165, 1.54) is 6.33 Å². The van der Waals surface area contributed by atoms with E-state index >= 15 is 0 Å². The summed E-state index contributed by atoms with van der Waals surface area (Å²) in [7, 11) is 3.66. The quantitative estimate of drug-likeness (QED) is 0.799. The summed E-state index contributed by atoms with van der Waals surface area (Å²) in [5, 5.41) is 3.25. The molecule has 0 amide bonds. The van der Waals surface area contributed by atoms with Crippen molar-refractivity contribution in [3.05, 3.63) is 24.3 Å². The topological polar surface area (TPSA) is 47.0 Å². The second-order valence-electron chi connectivity index (χ2n) is 4.18. The molecule has 1 aromatic rings. The van der Waals surface area contributed by atoms with Gasteiger partial charge >= 0.3 is 0 Å². The number of hydrogen-bond donors (Lipinski definition) is 1. The maximum atomic E-state index is 5.41. The van der Waals surface area contributed by atoms with Crippen molar-refractivity contribution in [2.45, 2.75) is 31.9 Å². The van der Waals surface area contributed by atoms with Crippen LogP contribution in [0.5, 0.6) is 0 Å². The van der Waals surface area contributed by atoms with Gasteiger partial charge in [-0.1, -0.05) is 0 Å². The Labute approximate surface area is 91.1 Å². The maximum absolute atomic E-state index is 5.41. The van der Waals surface area contributed by atoms with E-state index < -0.39 is 0 Å². The summed E-state index contributed by atoms with van der Waals surface area (Å²) in [5.74, 6) is 0. The molecule has 4 nitrogen and oxygen atoms in total. The molecule has 1 unspecified atom stereocenters. The molecule has 84 valence electrons. The molecule has 4 heteroatoms. The molecule has 1 N–H and O–H groups in total. The number of aromatic nitrogens is 2. The van der Waals surface area contributed by atoms with Gasteiger partial charge in [0.05, 0.1) is 5.60 Å². The molecule has 0 aliphatic carbocycles. The van der Waals surface area contributed by atoms with Crippen LogP contribution in [-0.2, 0) is 4.74 Å². The molecular weight excluding hydrogens is 190 g/mol. The van der Waals surface area contributed by atoms with Crippen LogP contribution in [0.2, 0.25) is 0 Å². The van der Waals surface area contributed by atoms with Gasteiger partial charge in [-0.2, -0.15) is 0 Å². The third-order valence-corrected chi connectivity index (χ3v) is 2.58. The van der Waals surface area contributed by atoms with E-state index in [0.29, 0.717) is 0 Å². The molecule has 1 heterocycles. The average molecular weight is 209 g/mol. The maximum Gasteiger partial charge on any atom is 0.115 e. The summed E-state index contributed by atoms with van der Waals surface area (Å²) in [6.45, 7) is 4.14. The Hall–Kier alpha value is -1.00. The first-order valence-corrected chi connectivity index (χ1v) is 5.06. The zero-order chi connectivity index (χ0) is 11.3. The van der Waals surface area contributed by atoms with Crippen molar-refractivity contribution in [1.82, 2.24) is 15.3 Å². The van der Waals surface area contributed by atoms with Gasteiger partial charge in [0.15, 0.2) is 0 Å². The highest BCUT2D eigenvalue weighted by atomic mass is 16.5. The van der Waals surface area contributed by atoms with Gasteiger partial charge in [0.2, 0.25) is 0 Å². The molecule has 0 aliphatic rings. The third kappa shape index (κ3) is 3.57. The lowest BCUT2D eigenvalue weighted by atomic mass is 9.95. The van der Waals surface area contributed by atoms with Crippen LogP contribution in [0.4, 0.5) is 0 Å².